The Morgan fingerprint density at radius 2 is 2.00 bits per heavy atom. The van der Waals surface area contributed by atoms with Crippen LogP contribution in [0.1, 0.15) is 23.7 Å². The minimum Gasteiger partial charge on any atom is -0.496 e. The molecule has 96 valence electrons. The van der Waals surface area contributed by atoms with Crippen LogP contribution in [0.4, 0.5) is 5.69 Å². The van der Waals surface area contributed by atoms with Gasteiger partial charge in [-0.25, -0.2) is 4.79 Å². The SMILES string of the molecule is COc1cc(NC(=O)CC(C)=O)ccc1C(=O)O. The van der Waals surface area contributed by atoms with E-state index >= 15 is 0 Å². The number of methoxy groups -OCH3 is 1. The fourth-order valence-electron chi connectivity index (χ4n) is 1.38. The minimum absolute atomic E-state index is 0.00191. The second kappa shape index (κ2) is 5.81. The molecule has 0 aliphatic heterocycles. The third-order valence-electron chi connectivity index (χ3n) is 2.13. The van der Waals surface area contributed by atoms with Gasteiger partial charge in [-0.05, 0) is 19.1 Å². The highest BCUT2D eigenvalue weighted by Gasteiger charge is 2.12. The van der Waals surface area contributed by atoms with Gasteiger partial charge in [0.2, 0.25) is 5.91 Å². The summed E-state index contributed by atoms with van der Waals surface area (Å²) in [6.45, 7) is 1.31. The van der Waals surface area contributed by atoms with E-state index in [1.165, 1.54) is 32.2 Å². The normalized spacial score (nSPS) is 9.67. The number of nitrogens with one attached hydrogen (secondary N) is 1. The first-order valence-corrected chi connectivity index (χ1v) is 5.14. The molecule has 1 aromatic rings. The predicted molar refractivity (Wildman–Crippen MR) is 63.9 cm³/mol. The molecule has 0 aliphatic rings. The van der Waals surface area contributed by atoms with Crippen LogP contribution in [-0.2, 0) is 9.59 Å². The van der Waals surface area contributed by atoms with Gasteiger partial charge in [0.1, 0.15) is 17.1 Å². The first-order chi connectivity index (χ1) is 8.43. The summed E-state index contributed by atoms with van der Waals surface area (Å²) in [5.74, 6) is -1.68. The van der Waals surface area contributed by atoms with Gasteiger partial charge < -0.3 is 15.2 Å². The van der Waals surface area contributed by atoms with Gasteiger partial charge in [0, 0.05) is 11.8 Å². The Balaban J connectivity index is 2.89. The van der Waals surface area contributed by atoms with Gasteiger partial charge in [-0.1, -0.05) is 0 Å². The number of carboxylic acids is 1. The lowest BCUT2D eigenvalue weighted by molar-refractivity contribution is -0.124. The standard InChI is InChI=1S/C12H13NO5/c1-7(14)5-11(15)13-8-3-4-9(12(16)17)10(6-8)18-2/h3-4,6H,5H2,1-2H3,(H,13,15)(H,16,17). The summed E-state index contributed by atoms with van der Waals surface area (Å²) in [4.78, 5) is 32.9. The third-order valence-corrected chi connectivity index (χ3v) is 2.13. The molecule has 1 aromatic carbocycles. The van der Waals surface area contributed by atoms with Crippen molar-refractivity contribution in [3.05, 3.63) is 23.8 Å². The molecule has 0 atom stereocenters. The molecule has 0 aromatic heterocycles. The van der Waals surface area contributed by atoms with Crippen LogP contribution in [0.15, 0.2) is 18.2 Å². The minimum atomic E-state index is -1.12. The van der Waals surface area contributed by atoms with Crippen LogP contribution in [0.3, 0.4) is 0 Å². The largest absolute Gasteiger partial charge is 0.496 e. The Hall–Kier alpha value is -2.37. The summed E-state index contributed by atoms with van der Waals surface area (Å²) in [7, 11) is 1.34. The molecule has 6 nitrogen and oxygen atoms in total. The van der Waals surface area contributed by atoms with Gasteiger partial charge in [0.15, 0.2) is 0 Å². The second-order valence-corrected chi connectivity index (χ2v) is 3.65. The molecule has 1 rings (SSSR count). The van der Waals surface area contributed by atoms with Gasteiger partial charge in [-0.3, -0.25) is 9.59 Å². The van der Waals surface area contributed by atoms with Crippen LogP contribution >= 0.6 is 0 Å². The van der Waals surface area contributed by atoms with Gasteiger partial charge >= 0.3 is 5.97 Å². The van der Waals surface area contributed by atoms with Crippen molar-refractivity contribution in [1.29, 1.82) is 0 Å². The zero-order valence-electron chi connectivity index (χ0n) is 10.0. The molecule has 0 bridgehead atoms. The van der Waals surface area contributed by atoms with E-state index in [0.717, 1.165) is 0 Å². The van der Waals surface area contributed by atoms with Crippen molar-refractivity contribution in [2.75, 3.05) is 12.4 Å². The van der Waals surface area contributed by atoms with Crippen molar-refractivity contribution < 1.29 is 24.2 Å². The number of carboxylic acid groups (broad SMARTS) is 1. The number of hydrogen-bond acceptors (Lipinski definition) is 4. The van der Waals surface area contributed by atoms with Crippen LogP contribution in [0, 0.1) is 0 Å². The van der Waals surface area contributed by atoms with Crippen molar-refractivity contribution in [3.63, 3.8) is 0 Å². The van der Waals surface area contributed by atoms with E-state index in [-0.39, 0.29) is 23.5 Å². The summed E-state index contributed by atoms with van der Waals surface area (Å²) >= 11 is 0. The van der Waals surface area contributed by atoms with E-state index in [9.17, 15) is 14.4 Å². The second-order valence-electron chi connectivity index (χ2n) is 3.65. The van der Waals surface area contributed by atoms with Crippen molar-refractivity contribution in [2.24, 2.45) is 0 Å². The molecule has 2 N–H and O–H groups in total. The smallest absolute Gasteiger partial charge is 0.339 e. The van der Waals surface area contributed by atoms with E-state index in [4.69, 9.17) is 9.84 Å². The summed E-state index contributed by atoms with van der Waals surface area (Å²) in [5.41, 5.74) is 0.380. The van der Waals surface area contributed by atoms with Gasteiger partial charge in [-0.2, -0.15) is 0 Å². The zero-order valence-corrected chi connectivity index (χ0v) is 10.0. The number of rotatable bonds is 5. The van der Waals surface area contributed by atoms with Crippen molar-refractivity contribution >= 4 is 23.3 Å². The first kappa shape index (κ1) is 13.7. The summed E-state index contributed by atoms with van der Waals surface area (Å²) < 4.78 is 4.91. The highest BCUT2D eigenvalue weighted by atomic mass is 16.5. The fraction of sp³-hybridized carbons (Fsp3) is 0.250. The lowest BCUT2D eigenvalue weighted by Crippen LogP contribution is -2.15. The quantitative estimate of drug-likeness (QED) is 0.770. The van der Waals surface area contributed by atoms with Crippen molar-refractivity contribution in [1.82, 2.24) is 0 Å². The molecule has 0 saturated heterocycles. The Bertz CT molecular complexity index is 495. The van der Waals surface area contributed by atoms with E-state index in [2.05, 4.69) is 5.32 Å². The van der Waals surface area contributed by atoms with E-state index in [1.54, 1.807) is 0 Å². The molecular weight excluding hydrogens is 238 g/mol. The average molecular weight is 251 g/mol. The number of anilines is 1. The molecule has 0 saturated carbocycles. The van der Waals surface area contributed by atoms with Crippen LogP contribution in [0.25, 0.3) is 0 Å². The molecule has 6 heteroatoms. The predicted octanol–water partition coefficient (Wildman–Crippen LogP) is 1.31. The molecule has 18 heavy (non-hydrogen) atoms. The number of hydrogen-bond donors (Lipinski definition) is 2. The highest BCUT2D eigenvalue weighted by molar-refractivity contribution is 6.03. The fourth-order valence-corrected chi connectivity index (χ4v) is 1.38. The summed E-state index contributed by atoms with van der Waals surface area (Å²) in [5, 5.41) is 11.4. The number of Topliss-reactive ketones (excluding diaryl/α,β-unsaturated/α-hetero) is 1. The Morgan fingerprint density at radius 3 is 2.50 bits per heavy atom. The summed E-state index contributed by atoms with van der Waals surface area (Å²) in [6, 6.07) is 4.15. The number of ether oxygens (including phenoxy) is 1. The maximum absolute atomic E-state index is 11.4. The highest BCUT2D eigenvalue weighted by Crippen LogP contribution is 2.23. The number of aromatic carboxylic acids is 1. The third kappa shape index (κ3) is 3.58. The van der Waals surface area contributed by atoms with E-state index in [1.807, 2.05) is 0 Å². The topological polar surface area (TPSA) is 92.7 Å². The van der Waals surface area contributed by atoms with Crippen LogP contribution in [0.2, 0.25) is 0 Å². The maximum Gasteiger partial charge on any atom is 0.339 e. The Kier molecular flexibility index (Phi) is 4.42. The van der Waals surface area contributed by atoms with Gasteiger partial charge in [0.25, 0.3) is 0 Å². The molecular formula is C12H13NO5. The van der Waals surface area contributed by atoms with Crippen LogP contribution in [0.5, 0.6) is 5.75 Å². The number of benzene rings is 1. The number of amides is 1. The molecule has 0 aliphatic carbocycles. The molecule has 1 amide bonds. The van der Waals surface area contributed by atoms with Crippen LogP contribution < -0.4 is 10.1 Å². The Labute approximate surface area is 104 Å². The van der Waals surface area contributed by atoms with E-state index < -0.39 is 11.9 Å². The van der Waals surface area contributed by atoms with E-state index in [0.29, 0.717) is 5.69 Å². The molecule has 0 fully saturated rings. The van der Waals surface area contributed by atoms with Crippen LogP contribution in [-0.4, -0.2) is 29.9 Å². The lowest BCUT2D eigenvalue weighted by atomic mass is 10.1. The molecule has 0 unspecified atom stereocenters. The average Bonchev–Trinajstić information content (AvgIpc) is 2.27. The van der Waals surface area contributed by atoms with Crippen molar-refractivity contribution in [2.45, 2.75) is 13.3 Å². The monoisotopic (exact) mass is 251 g/mol. The number of ketones is 1. The first-order valence-electron chi connectivity index (χ1n) is 5.14. The number of carbonyl (C=O) groups excluding carboxylic acids is 2. The number of carbonyl (C=O) groups is 3. The van der Waals surface area contributed by atoms with Gasteiger partial charge in [0.05, 0.1) is 13.5 Å². The lowest BCUT2D eigenvalue weighted by Gasteiger charge is -2.08. The molecule has 0 radical (unpaired) electrons. The summed E-state index contributed by atoms with van der Waals surface area (Å²) in [6.07, 6.45) is -0.219. The molecule has 0 spiro atoms. The van der Waals surface area contributed by atoms with Crippen molar-refractivity contribution in [3.8, 4) is 5.75 Å². The van der Waals surface area contributed by atoms with Gasteiger partial charge in [-0.15, -0.1) is 0 Å². The Morgan fingerprint density at radius 1 is 1.33 bits per heavy atom. The zero-order chi connectivity index (χ0) is 13.7. The molecule has 0 heterocycles. The maximum atomic E-state index is 11.4.